The third-order valence-corrected chi connectivity index (χ3v) is 2.34. The zero-order chi connectivity index (χ0) is 11.5. The SMILES string of the molecule is CC(C)CNc1ncnc2ccc(N)cc12. The first-order valence-electron chi connectivity index (χ1n) is 5.41. The van der Waals surface area contributed by atoms with Crippen molar-refractivity contribution >= 4 is 22.4 Å². The van der Waals surface area contributed by atoms with Crippen LogP contribution in [-0.4, -0.2) is 16.5 Å². The van der Waals surface area contributed by atoms with E-state index >= 15 is 0 Å². The number of nitrogens with one attached hydrogen (secondary N) is 1. The van der Waals surface area contributed by atoms with Crippen molar-refractivity contribution in [1.82, 2.24) is 9.97 Å². The number of nitrogens with zero attached hydrogens (tertiary/aromatic N) is 2. The van der Waals surface area contributed by atoms with Gasteiger partial charge in [0.15, 0.2) is 0 Å². The van der Waals surface area contributed by atoms with Crippen LogP contribution in [0.1, 0.15) is 13.8 Å². The molecule has 0 unspecified atom stereocenters. The van der Waals surface area contributed by atoms with Crippen LogP contribution in [0, 0.1) is 5.92 Å². The lowest BCUT2D eigenvalue weighted by Gasteiger charge is -2.10. The number of nitrogens with two attached hydrogens (primary N) is 1. The highest BCUT2D eigenvalue weighted by molar-refractivity contribution is 5.91. The highest BCUT2D eigenvalue weighted by Gasteiger charge is 2.04. The van der Waals surface area contributed by atoms with Crippen molar-refractivity contribution < 1.29 is 0 Å². The minimum Gasteiger partial charge on any atom is -0.399 e. The number of rotatable bonds is 3. The highest BCUT2D eigenvalue weighted by Crippen LogP contribution is 2.21. The molecule has 0 saturated heterocycles. The molecule has 1 aromatic heterocycles. The molecule has 1 heterocycles. The average Bonchev–Trinajstić information content (AvgIpc) is 2.26. The van der Waals surface area contributed by atoms with E-state index in [1.165, 1.54) is 0 Å². The van der Waals surface area contributed by atoms with Crippen molar-refractivity contribution in [1.29, 1.82) is 0 Å². The number of aromatic nitrogens is 2. The van der Waals surface area contributed by atoms with Crippen molar-refractivity contribution in [3.8, 4) is 0 Å². The molecule has 3 N–H and O–H groups in total. The van der Waals surface area contributed by atoms with Crippen LogP contribution in [0.2, 0.25) is 0 Å². The van der Waals surface area contributed by atoms with E-state index in [0.717, 1.165) is 29.0 Å². The predicted octanol–water partition coefficient (Wildman–Crippen LogP) is 2.28. The van der Waals surface area contributed by atoms with Gasteiger partial charge >= 0.3 is 0 Å². The summed E-state index contributed by atoms with van der Waals surface area (Å²) >= 11 is 0. The number of fused-ring (bicyclic) bond motifs is 1. The van der Waals surface area contributed by atoms with Gasteiger partial charge in [0.2, 0.25) is 0 Å². The molecule has 0 amide bonds. The van der Waals surface area contributed by atoms with E-state index in [-0.39, 0.29) is 0 Å². The van der Waals surface area contributed by atoms with E-state index in [1.54, 1.807) is 6.33 Å². The summed E-state index contributed by atoms with van der Waals surface area (Å²) in [6.07, 6.45) is 1.57. The Morgan fingerprint density at radius 3 is 2.88 bits per heavy atom. The quantitative estimate of drug-likeness (QED) is 0.772. The van der Waals surface area contributed by atoms with Crippen LogP contribution in [0.3, 0.4) is 0 Å². The molecular formula is C12H16N4. The number of nitrogen functional groups attached to an aromatic ring is 1. The molecular weight excluding hydrogens is 200 g/mol. The molecule has 0 aliphatic carbocycles. The van der Waals surface area contributed by atoms with Gasteiger partial charge in [-0.2, -0.15) is 0 Å². The normalized spacial score (nSPS) is 10.9. The molecule has 0 fully saturated rings. The molecule has 4 heteroatoms. The topological polar surface area (TPSA) is 63.8 Å². The average molecular weight is 216 g/mol. The van der Waals surface area contributed by atoms with Crippen LogP contribution in [0.5, 0.6) is 0 Å². The van der Waals surface area contributed by atoms with Gasteiger partial charge in [-0.1, -0.05) is 13.8 Å². The fraction of sp³-hybridized carbons (Fsp3) is 0.333. The fourth-order valence-corrected chi connectivity index (χ4v) is 1.52. The molecule has 16 heavy (non-hydrogen) atoms. The van der Waals surface area contributed by atoms with Crippen molar-refractivity contribution in [2.45, 2.75) is 13.8 Å². The van der Waals surface area contributed by atoms with E-state index in [4.69, 9.17) is 5.73 Å². The summed E-state index contributed by atoms with van der Waals surface area (Å²) < 4.78 is 0. The Kier molecular flexibility index (Phi) is 2.90. The maximum absolute atomic E-state index is 5.77. The monoisotopic (exact) mass is 216 g/mol. The minimum absolute atomic E-state index is 0.575. The molecule has 2 rings (SSSR count). The van der Waals surface area contributed by atoms with Crippen LogP contribution < -0.4 is 11.1 Å². The zero-order valence-corrected chi connectivity index (χ0v) is 9.57. The summed E-state index contributed by atoms with van der Waals surface area (Å²) in [5.74, 6) is 1.43. The van der Waals surface area contributed by atoms with Crippen LogP contribution in [0.4, 0.5) is 11.5 Å². The van der Waals surface area contributed by atoms with Crippen LogP contribution in [0.25, 0.3) is 10.9 Å². The smallest absolute Gasteiger partial charge is 0.137 e. The predicted molar refractivity (Wildman–Crippen MR) is 67.3 cm³/mol. The van der Waals surface area contributed by atoms with Gasteiger partial charge in [0.1, 0.15) is 12.1 Å². The second-order valence-corrected chi connectivity index (χ2v) is 4.27. The molecule has 0 saturated carbocycles. The molecule has 2 aromatic rings. The van der Waals surface area contributed by atoms with Gasteiger partial charge < -0.3 is 11.1 Å². The van der Waals surface area contributed by atoms with Crippen molar-refractivity contribution in [2.75, 3.05) is 17.6 Å². The lowest BCUT2D eigenvalue weighted by atomic mass is 10.2. The summed E-state index contributed by atoms with van der Waals surface area (Å²) in [5, 5.41) is 4.28. The Morgan fingerprint density at radius 1 is 1.31 bits per heavy atom. The summed E-state index contributed by atoms with van der Waals surface area (Å²) in [5.41, 5.74) is 7.41. The van der Waals surface area contributed by atoms with Crippen LogP contribution in [0.15, 0.2) is 24.5 Å². The van der Waals surface area contributed by atoms with Gasteiger partial charge in [-0.05, 0) is 24.1 Å². The van der Waals surface area contributed by atoms with Gasteiger partial charge in [-0.15, -0.1) is 0 Å². The van der Waals surface area contributed by atoms with Crippen molar-refractivity contribution in [2.24, 2.45) is 5.92 Å². The fourth-order valence-electron chi connectivity index (χ4n) is 1.52. The third kappa shape index (κ3) is 2.21. The molecule has 4 nitrogen and oxygen atoms in total. The van der Waals surface area contributed by atoms with Gasteiger partial charge in [0, 0.05) is 17.6 Å². The van der Waals surface area contributed by atoms with E-state index < -0.39 is 0 Å². The number of hydrogen-bond donors (Lipinski definition) is 2. The number of hydrogen-bond acceptors (Lipinski definition) is 4. The number of benzene rings is 1. The summed E-state index contributed by atoms with van der Waals surface area (Å²) in [6.45, 7) is 5.20. The molecule has 0 atom stereocenters. The van der Waals surface area contributed by atoms with E-state index in [0.29, 0.717) is 5.92 Å². The summed E-state index contributed by atoms with van der Waals surface area (Å²) in [4.78, 5) is 8.45. The van der Waals surface area contributed by atoms with Gasteiger partial charge in [0.05, 0.1) is 5.52 Å². The molecule has 1 aromatic carbocycles. The van der Waals surface area contributed by atoms with Gasteiger partial charge in [0.25, 0.3) is 0 Å². The molecule has 84 valence electrons. The Hall–Kier alpha value is -1.84. The highest BCUT2D eigenvalue weighted by atomic mass is 15.0. The first-order valence-corrected chi connectivity index (χ1v) is 5.41. The maximum atomic E-state index is 5.77. The Labute approximate surface area is 94.9 Å². The number of anilines is 2. The Balaban J connectivity index is 2.40. The largest absolute Gasteiger partial charge is 0.399 e. The van der Waals surface area contributed by atoms with Gasteiger partial charge in [-0.25, -0.2) is 9.97 Å². The van der Waals surface area contributed by atoms with E-state index in [1.807, 2.05) is 18.2 Å². The lowest BCUT2D eigenvalue weighted by Crippen LogP contribution is -2.09. The lowest BCUT2D eigenvalue weighted by molar-refractivity contribution is 0.687. The van der Waals surface area contributed by atoms with E-state index in [2.05, 4.69) is 29.1 Å². The molecule has 0 radical (unpaired) electrons. The Bertz CT molecular complexity index is 493. The summed E-state index contributed by atoms with van der Waals surface area (Å²) in [7, 11) is 0. The molecule has 0 aliphatic rings. The maximum Gasteiger partial charge on any atom is 0.137 e. The zero-order valence-electron chi connectivity index (χ0n) is 9.57. The Morgan fingerprint density at radius 2 is 2.12 bits per heavy atom. The van der Waals surface area contributed by atoms with E-state index in [9.17, 15) is 0 Å². The standard InChI is InChI=1S/C12H16N4/c1-8(2)6-14-12-10-5-9(13)3-4-11(10)15-7-16-12/h3-5,7-8H,6,13H2,1-2H3,(H,14,15,16). The third-order valence-electron chi connectivity index (χ3n) is 2.34. The minimum atomic E-state index is 0.575. The first-order chi connectivity index (χ1) is 7.66. The first kappa shape index (κ1) is 10.7. The molecule has 0 bridgehead atoms. The van der Waals surface area contributed by atoms with Crippen LogP contribution >= 0.6 is 0 Å². The molecule has 0 spiro atoms. The second-order valence-electron chi connectivity index (χ2n) is 4.27. The van der Waals surface area contributed by atoms with Crippen molar-refractivity contribution in [3.05, 3.63) is 24.5 Å². The molecule has 0 aliphatic heterocycles. The second kappa shape index (κ2) is 4.35. The van der Waals surface area contributed by atoms with Gasteiger partial charge in [-0.3, -0.25) is 0 Å². The van der Waals surface area contributed by atoms with Crippen molar-refractivity contribution in [3.63, 3.8) is 0 Å². The van der Waals surface area contributed by atoms with Crippen LogP contribution in [-0.2, 0) is 0 Å². The summed E-state index contributed by atoms with van der Waals surface area (Å²) in [6, 6.07) is 5.66.